The van der Waals surface area contributed by atoms with Gasteiger partial charge in [-0.1, -0.05) is 25.5 Å². The number of rotatable bonds is 0. The van der Waals surface area contributed by atoms with E-state index in [0.29, 0.717) is 5.41 Å². The van der Waals surface area contributed by atoms with Gasteiger partial charge in [-0.05, 0) is 48.9 Å². The first-order valence-corrected chi connectivity index (χ1v) is 5.41. The zero-order chi connectivity index (χ0) is 8.34. The van der Waals surface area contributed by atoms with Crippen molar-refractivity contribution < 1.29 is 0 Å². The molecule has 3 aliphatic rings. The Kier molecular flexibility index (Phi) is 1.18. The molecular weight excluding hydrogens is 144 g/mol. The minimum absolute atomic E-state index is 0.707. The fourth-order valence-corrected chi connectivity index (χ4v) is 4.50. The zero-order valence-electron chi connectivity index (χ0n) is 7.97. The molecule has 0 N–H and O–H groups in total. The fourth-order valence-electron chi connectivity index (χ4n) is 4.50. The minimum atomic E-state index is 0.707. The Morgan fingerprint density at radius 1 is 1.42 bits per heavy atom. The van der Waals surface area contributed by atoms with Crippen LogP contribution in [0.2, 0.25) is 0 Å². The van der Waals surface area contributed by atoms with Gasteiger partial charge in [0, 0.05) is 0 Å². The molecule has 12 heavy (non-hydrogen) atoms. The molecule has 3 rings (SSSR count). The van der Waals surface area contributed by atoms with Gasteiger partial charge < -0.3 is 0 Å². The van der Waals surface area contributed by atoms with Gasteiger partial charge in [0.2, 0.25) is 0 Å². The predicted molar refractivity (Wildman–Crippen MR) is 50.8 cm³/mol. The maximum absolute atomic E-state index is 4.24. The molecule has 0 aromatic rings. The van der Waals surface area contributed by atoms with Gasteiger partial charge in [0.15, 0.2) is 0 Å². The van der Waals surface area contributed by atoms with Crippen molar-refractivity contribution in [1.29, 1.82) is 0 Å². The quantitative estimate of drug-likeness (QED) is 0.479. The summed E-state index contributed by atoms with van der Waals surface area (Å²) in [5.41, 5.74) is 2.29. The molecule has 0 nitrogen and oxygen atoms in total. The molecule has 0 aliphatic heterocycles. The zero-order valence-corrected chi connectivity index (χ0v) is 7.97. The highest BCUT2D eigenvalue weighted by atomic mass is 14.7. The van der Waals surface area contributed by atoms with Gasteiger partial charge in [0.1, 0.15) is 0 Å². The van der Waals surface area contributed by atoms with Gasteiger partial charge in [-0.15, -0.1) is 0 Å². The van der Waals surface area contributed by atoms with E-state index in [1.807, 2.05) is 0 Å². The predicted octanol–water partition coefficient (Wildman–Crippen LogP) is 3.39. The fraction of sp³-hybridized carbons (Fsp3) is 0.833. The second-order valence-corrected chi connectivity index (χ2v) is 5.34. The molecule has 66 valence electrons. The summed E-state index contributed by atoms with van der Waals surface area (Å²) in [4.78, 5) is 0. The maximum Gasteiger partial charge on any atom is -0.0118 e. The maximum atomic E-state index is 4.24. The van der Waals surface area contributed by atoms with Crippen molar-refractivity contribution in [3.05, 3.63) is 12.2 Å². The average Bonchev–Trinajstić information content (AvgIpc) is 2.53. The lowest BCUT2D eigenvalue weighted by Gasteiger charge is -2.55. The van der Waals surface area contributed by atoms with Gasteiger partial charge in [0.25, 0.3) is 0 Å². The highest BCUT2D eigenvalue weighted by Gasteiger charge is 2.62. The highest BCUT2D eigenvalue weighted by molar-refractivity contribution is 5.25. The number of allylic oxidation sites excluding steroid dienone is 1. The normalized spacial score (nSPS) is 56.4. The van der Waals surface area contributed by atoms with Crippen molar-refractivity contribution in [2.24, 2.45) is 23.2 Å². The van der Waals surface area contributed by atoms with E-state index in [0.717, 1.165) is 17.8 Å². The Balaban J connectivity index is 1.97. The second-order valence-electron chi connectivity index (χ2n) is 5.34. The van der Waals surface area contributed by atoms with Gasteiger partial charge >= 0.3 is 0 Å². The van der Waals surface area contributed by atoms with Gasteiger partial charge in [-0.3, -0.25) is 0 Å². The molecule has 0 heteroatoms. The molecule has 0 heterocycles. The largest absolute Gasteiger partial charge is 0.0995 e. The van der Waals surface area contributed by atoms with Crippen molar-refractivity contribution in [2.75, 3.05) is 0 Å². The molecule has 0 aromatic heterocycles. The third-order valence-corrected chi connectivity index (χ3v) is 4.98. The van der Waals surface area contributed by atoms with Crippen LogP contribution >= 0.6 is 0 Å². The summed E-state index contributed by atoms with van der Waals surface area (Å²) >= 11 is 0. The van der Waals surface area contributed by atoms with Crippen molar-refractivity contribution in [1.82, 2.24) is 0 Å². The standard InChI is InChI=1S/C12H18/c1-8-6-7-12(2)10-5-3-4-9(10)11(8)12/h9-11H,1,3-7H2,2H3/t9-,10+,11+,12-/m0/s1. The van der Waals surface area contributed by atoms with E-state index in [2.05, 4.69) is 13.5 Å². The Labute approximate surface area is 75.0 Å². The molecule has 0 radical (unpaired) electrons. The van der Waals surface area contributed by atoms with Crippen molar-refractivity contribution in [3.8, 4) is 0 Å². The molecule has 3 saturated carbocycles. The summed E-state index contributed by atoms with van der Waals surface area (Å²) in [7, 11) is 0. The van der Waals surface area contributed by atoms with E-state index in [-0.39, 0.29) is 0 Å². The van der Waals surface area contributed by atoms with Gasteiger partial charge in [-0.25, -0.2) is 0 Å². The van der Waals surface area contributed by atoms with E-state index in [9.17, 15) is 0 Å². The SMILES string of the molecule is C=C1CC[C@@]2(C)[C@@H]3CCC[C@@H]3[C@@H]12. The number of hydrogen-bond donors (Lipinski definition) is 0. The van der Waals surface area contributed by atoms with Crippen LogP contribution in [0.15, 0.2) is 12.2 Å². The van der Waals surface area contributed by atoms with Crippen LogP contribution in [0.4, 0.5) is 0 Å². The van der Waals surface area contributed by atoms with Crippen LogP contribution in [0.5, 0.6) is 0 Å². The van der Waals surface area contributed by atoms with E-state index in [1.165, 1.54) is 32.1 Å². The van der Waals surface area contributed by atoms with Crippen molar-refractivity contribution in [2.45, 2.75) is 39.0 Å². The second kappa shape index (κ2) is 1.97. The van der Waals surface area contributed by atoms with E-state index >= 15 is 0 Å². The number of fused-ring (bicyclic) bond motifs is 4. The summed E-state index contributed by atoms with van der Waals surface area (Å²) in [6.45, 7) is 6.76. The van der Waals surface area contributed by atoms with E-state index < -0.39 is 0 Å². The molecule has 0 amide bonds. The lowest BCUT2D eigenvalue weighted by molar-refractivity contribution is -0.0493. The molecule has 0 aromatic carbocycles. The number of hydrogen-bond acceptors (Lipinski definition) is 0. The first kappa shape index (κ1) is 7.17. The van der Waals surface area contributed by atoms with Crippen molar-refractivity contribution >= 4 is 0 Å². The summed E-state index contributed by atoms with van der Waals surface area (Å²) in [6.07, 6.45) is 7.29. The molecule has 0 bridgehead atoms. The first-order chi connectivity index (χ1) is 5.73. The molecule has 0 spiro atoms. The van der Waals surface area contributed by atoms with E-state index in [1.54, 1.807) is 5.57 Å². The van der Waals surface area contributed by atoms with Gasteiger partial charge in [-0.2, -0.15) is 0 Å². The Morgan fingerprint density at radius 2 is 2.25 bits per heavy atom. The molecule has 0 unspecified atom stereocenters. The van der Waals surface area contributed by atoms with Gasteiger partial charge in [0.05, 0.1) is 0 Å². The summed E-state index contributed by atoms with van der Waals surface area (Å²) in [5, 5.41) is 0. The van der Waals surface area contributed by atoms with E-state index in [4.69, 9.17) is 0 Å². The lowest BCUT2D eigenvalue weighted by Crippen LogP contribution is -2.49. The minimum Gasteiger partial charge on any atom is -0.0995 e. The average molecular weight is 162 g/mol. The molecule has 0 saturated heterocycles. The van der Waals surface area contributed by atoms with Crippen LogP contribution in [0.25, 0.3) is 0 Å². The van der Waals surface area contributed by atoms with Crippen LogP contribution in [-0.2, 0) is 0 Å². The third-order valence-electron chi connectivity index (χ3n) is 4.98. The van der Waals surface area contributed by atoms with Crippen LogP contribution in [0.1, 0.15) is 39.0 Å². The monoisotopic (exact) mass is 162 g/mol. The Bertz CT molecular complexity index is 240. The summed E-state index contributed by atoms with van der Waals surface area (Å²) < 4.78 is 0. The Morgan fingerprint density at radius 3 is 3.08 bits per heavy atom. The van der Waals surface area contributed by atoms with Crippen LogP contribution in [0.3, 0.4) is 0 Å². The highest BCUT2D eigenvalue weighted by Crippen LogP contribution is 2.70. The first-order valence-electron chi connectivity index (χ1n) is 5.41. The summed E-state index contributed by atoms with van der Waals surface area (Å²) in [6, 6.07) is 0. The smallest absolute Gasteiger partial charge is 0.0118 e. The molecule has 3 aliphatic carbocycles. The third kappa shape index (κ3) is 0.582. The Hall–Kier alpha value is -0.260. The molecule has 3 fully saturated rings. The van der Waals surface area contributed by atoms with Crippen LogP contribution in [0, 0.1) is 23.2 Å². The van der Waals surface area contributed by atoms with Crippen LogP contribution < -0.4 is 0 Å². The summed E-state index contributed by atoms with van der Waals surface area (Å²) in [5.74, 6) is 3.08. The topological polar surface area (TPSA) is 0 Å². The van der Waals surface area contributed by atoms with Crippen molar-refractivity contribution in [3.63, 3.8) is 0 Å². The van der Waals surface area contributed by atoms with Crippen LogP contribution in [-0.4, -0.2) is 0 Å². The molecule has 4 atom stereocenters. The lowest BCUT2D eigenvalue weighted by atomic mass is 9.49. The molecular formula is C12H18.